The molecule has 0 heterocycles. The summed E-state index contributed by atoms with van der Waals surface area (Å²) < 4.78 is 37.5. The van der Waals surface area contributed by atoms with Crippen LogP contribution in [0.15, 0.2) is 18.2 Å². The molecule has 0 amide bonds. The van der Waals surface area contributed by atoms with E-state index in [0.29, 0.717) is 18.6 Å². The Bertz CT molecular complexity index is 581. The number of halogens is 3. The van der Waals surface area contributed by atoms with E-state index in [4.69, 9.17) is 0 Å². The lowest BCUT2D eigenvalue weighted by molar-refractivity contribution is -0.385. The van der Waals surface area contributed by atoms with Crippen LogP contribution in [-0.2, 0) is 11.0 Å². The van der Waals surface area contributed by atoms with Crippen LogP contribution < -0.4 is 0 Å². The third kappa shape index (κ3) is 4.37. The molecule has 21 heavy (non-hydrogen) atoms. The first-order chi connectivity index (χ1) is 9.66. The number of alkyl halides is 3. The fourth-order valence-corrected chi connectivity index (χ4v) is 1.74. The average molecular weight is 303 g/mol. The van der Waals surface area contributed by atoms with Crippen LogP contribution in [0.2, 0.25) is 0 Å². The van der Waals surface area contributed by atoms with E-state index in [1.54, 1.807) is 6.92 Å². The van der Waals surface area contributed by atoms with E-state index >= 15 is 0 Å². The van der Waals surface area contributed by atoms with Crippen molar-refractivity contribution in [2.75, 3.05) is 0 Å². The van der Waals surface area contributed by atoms with E-state index in [9.17, 15) is 32.9 Å². The van der Waals surface area contributed by atoms with Crippen LogP contribution in [0, 0.1) is 10.1 Å². The molecule has 0 radical (unpaired) electrons. The van der Waals surface area contributed by atoms with Gasteiger partial charge in [-0.3, -0.25) is 19.7 Å². The lowest BCUT2D eigenvalue weighted by Crippen LogP contribution is -2.12. The molecule has 0 fully saturated rings. The molecule has 0 saturated carbocycles. The monoisotopic (exact) mass is 303 g/mol. The molecule has 0 atom stereocenters. The number of hydrogen-bond donors (Lipinski definition) is 0. The average Bonchev–Trinajstić information content (AvgIpc) is 2.36. The summed E-state index contributed by atoms with van der Waals surface area (Å²) in [5.41, 5.74) is -2.65. The molecule has 0 aliphatic carbocycles. The molecule has 0 aromatic heterocycles. The first-order valence-corrected chi connectivity index (χ1v) is 6.07. The van der Waals surface area contributed by atoms with Crippen LogP contribution in [0.5, 0.6) is 0 Å². The number of nitro benzene ring substituents is 1. The smallest absolute Gasteiger partial charge is 0.299 e. The van der Waals surface area contributed by atoms with Gasteiger partial charge in [-0.1, -0.05) is 6.92 Å². The fraction of sp³-hybridized carbons (Fsp3) is 0.385. The van der Waals surface area contributed by atoms with Crippen molar-refractivity contribution in [3.8, 4) is 0 Å². The molecule has 0 N–H and O–H groups in total. The van der Waals surface area contributed by atoms with Gasteiger partial charge in [-0.05, 0) is 18.6 Å². The van der Waals surface area contributed by atoms with Crippen molar-refractivity contribution in [3.63, 3.8) is 0 Å². The van der Waals surface area contributed by atoms with E-state index in [1.165, 1.54) is 0 Å². The van der Waals surface area contributed by atoms with Crippen LogP contribution in [0.3, 0.4) is 0 Å². The number of benzene rings is 1. The Labute approximate surface area is 117 Å². The molecule has 8 heteroatoms. The zero-order valence-corrected chi connectivity index (χ0v) is 11.1. The van der Waals surface area contributed by atoms with Crippen LogP contribution in [0.1, 0.15) is 42.1 Å². The second-order valence-corrected chi connectivity index (χ2v) is 4.38. The van der Waals surface area contributed by atoms with Crippen molar-refractivity contribution >= 4 is 17.3 Å². The second-order valence-electron chi connectivity index (χ2n) is 4.38. The number of ketones is 2. The summed E-state index contributed by atoms with van der Waals surface area (Å²) in [5.74, 6) is -1.26. The largest absolute Gasteiger partial charge is 0.416 e. The Kier molecular flexibility index (Phi) is 5.17. The zero-order valence-electron chi connectivity index (χ0n) is 11.1. The van der Waals surface area contributed by atoms with E-state index < -0.39 is 45.9 Å². The molecule has 0 bridgehead atoms. The standard InChI is InChI=1S/C13H12F3NO4/c1-2-3-9(18)7-12(19)10-5-4-8(13(14,15)16)6-11(10)17(20)21/h4-6H,2-3,7H2,1H3. The van der Waals surface area contributed by atoms with Gasteiger partial charge in [-0.2, -0.15) is 13.2 Å². The van der Waals surface area contributed by atoms with E-state index in [2.05, 4.69) is 0 Å². The van der Waals surface area contributed by atoms with Gasteiger partial charge in [0.1, 0.15) is 5.78 Å². The van der Waals surface area contributed by atoms with Crippen molar-refractivity contribution in [2.45, 2.75) is 32.4 Å². The van der Waals surface area contributed by atoms with Gasteiger partial charge in [0, 0.05) is 12.5 Å². The Hall–Kier alpha value is -2.25. The number of nitro groups is 1. The number of rotatable bonds is 6. The molecule has 5 nitrogen and oxygen atoms in total. The lowest BCUT2D eigenvalue weighted by atomic mass is 10.0. The molecule has 0 aliphatic heterocycles. The van der Waals surface area contributed by atoms with Gasteiger partial charge < -0.3 is 0 Å². The minimum absolute atomic E-state index is 0.139. The van der Waals surface area contributed by atoms with E-state index in [1.807, 2.05) is 0 Å². The molecular weight excluding hydrogens is 291 g/mol. The summed E-state index contributed by atoms with van der Waals surface area (Å²) in [6, 6.07) is 1.63. The number of carbonyl (C=O) groups is 2. The molecule has 1 rings (SSSR count). The summed E-state index contributed by atoms with van der Waals surface area (Å²) in [6.07, 6.45) is -4.65. The first-order valence-electron chi connectivity index (χ1n) is 6.07. The maximum atomic E-state index is 12.5. The maximum Gasteiger partial charge on any atom is 0.416 e. The van der Waals surface area contributed by atoms with E-state index in [-0.39, 0.29) is 6.42 Å². The third-order valence-corrected chi connectivity index (χ3v) is 2.71. The fourth-order valence-electron chi connectivity index (χ4n) is 1.74. The van der Waals surface area contributed by atoms with Gasteiger partial charge in [-0.25, -0.2) is 0 Å². The van der Waals surface area contributed by atoms with Gasteiger partial charge >= 0.3 is 6.18 Å². The maximum absolute atomic E-state index is 12.5. The van der Waals surface area contributed by atoms with Crippen LogP contribution in [0.4, 0.5) is 18.9 Å². The van der Waals surface area contributed by atoms with Gasteiger partial charge in [0.2, 0.25) is 0 Å². The SMILES string of the molecule is CCCC(=O)CC(=O)c1ccc(C(F)(F)F)cc1[N+](=O)[O-]. The molecule has 0 unspecified atom stereocenters. The predicted molar refractivity (Wildman–Crippen MR) is 67.0 cm³/mol. The predicted octanol–water partition coefficient (Wildman–Crippen LogP) is 3.56. The molecular formula is C13H12F3NO4. The van der Waals surface area contributed by atoms with Gasteiger partial charge in [0.05, 0.1) is 22.5 Å². The molecule has 0 spiro atoms. The number of Topliss-reactive ketones (excluding diaryl/α,β-unsaturated/α-hetero) is 2. The lowest BCUT2D eigenvalue weighted by Gasteiger charge is -2.08. The number of hydrogen-bond acceptors (Lipinski definition) is 4. The highest BCUT2D eigenvalue weighted by atomic mass is 19.4. The summed E-state index contributed by atoms with van der Waals surface area (Å²) in [6.45, 7) is 1.73. The van der Waals surface area contributed by atoms with Crippen LogP contribution >= 0.6 is 0 Å². The Balaban J connectivity index is 3.15. The molecule has 0 saturated heterocycles. The van der Waals surface area contributed by atoms with Gasteiger partial charge in [-0.15, -0.1) is 0 Å². The summed E-state index contributed by atoms with van der Waals surface area (Å²) >= 11 is 0. The number of carbonyl (C=O) groups excluding carboxylic acids is 2. The van der Waals surface area contributed by atoms with Crippen molar-refractivity contribution < 1.29 is 27.7 Å². The quantitative estimate of drug-likeness (QED) is 0.348. The molecule has 0 aliphatic rings. The Morgan fingerprint density at radius 3 is 2.38 bits per heavy atom. The third-order valence-electron chi connectivity index (χ3n) is 2.71. The van der Waals surface area contributed by atoms with Gasteiger partial charge in [0.25, 0.3) is 5.69 Å². The Morgan fingerprint density at radius 2 is 1.90 bits per heavy atom. The molecule has 114 valence electrons. The zero-order chi connectivity index (χ0) is 16.2. The first kappa shape index (κ1) is 16.8. The minimum Gasteiger partial charge on any atom is -0.299 e. The van der Waals surface area contributed by atoms with Gasteiger partial charge in [0.15, 0.2) is 5.78 Å². The van der Waals surface area contributed by atoms with Crippen molar-refractivity contribution in [2.24, 2.45) is 0 Å². The molecule has 1 aromatic carbocycles. The van der Waals surface area contributed by atoms with Crippen molar-refractivity contribution in [1.29, 1.82) is 0 Å². The normalized spacial score (nSPS) is 11.2. The van der Waals surface area contributed by atoms with Crippen molar-refractivity contribution in [3.05, 3.63) is 39.4 Å². The van der Waals surface area contributed by atoms with E-state index in [0.717, 1.165) is 6.07 Å². The summed E-state index contributed by atoms with van der Waals surface area (Å²) in [7, 11) is 0. The van der Waals surface area contributed by atoms with Crippen molar-refractivity contribution in [1.82, 2.24) is 0 Å². The minimum atomic E-state index is -4.75. The number of nitrogens with zero attached hydrogens (tertiary/aromatic N) is 1. The Morgan fingerprint density at radius 1 is 1.29 bits per heavy atom. The highest BCUT2D eigenvalue weighted by Crippen LogP contribution is 2.33. The summed E-state index contributed by atoms with van der Waals surface area (Å²) in [4.78, 5) is 32.9. The highest BCUT2D eigenvalue weighted by molar-refractivity contribution is 6.10. The van der Waals surface area contributed by atoms with Crippen LogP contribution in [0.25, 0.3) is 0 Å². The second kappa shape index (κ2) is 6.47. The summed E-state index contributed by atoms with van der Waals surface area (Å²) in [5, 5.41) is 10.8. The highest BCUT2D eigenvalue weighted by Gasteiger charge is 2.34. The topological polar surface area (TPSA) is 77.3 Å². The molecule has 1 aromatic rings. The van der Waals surface area contributed by atoms with Crippen LogP contribution in [-0.4, -0.2) is 16.5 Å².